The molecule has 3 aromatic rings. The summed E-state index contributed by atoms with van der Waals surface area (Å²) in [7, 11) is 1.28. The normalized spacial score (nSPS) is 21.8. The molecule has 234 valence electrons. The number of rotatable bonds is 10. The van der Waals surface area contributed by atoms with Gasteiger partial charge in [0.1, 0.15) is 11.5 Å². The number of ether oxygens (including phenoxy) is 2. The number of benzene rings is 3. The molecule has 0 bridgehead atoms. The minimum Gasteiger partial charge on any atom is -0.468 e. The van der Waals surface area contributed by atoms with E-state index in [2.05, 4.69) is 58.4 Å². The first-order valence-electron chi connectivity index (χ1n) is 15.2. The third-order valence-electron chi connectivity index (χ3n) is 8.94. The van der Waals surface area contributed by atoms with Gasteiger partial charge in [-0.25, -0.2) is 4.79 Å². The number of non-ortho nitro benzene ring substituents is 1. The number of methoxy groups -OCH3 is 1. The van der Waals surface area contributed by atoms with Crippen LogP contribution in [0.5, 0.6) is 0 Å². The van der Waals surface area contributed by atoms with E-state index in [9.17, 15) is 19.7 Å². The molecule has 5 rings (SSSR count). The number of carbonyl (C=O) groups excluding carboxylic acids is 2. The van der Waals surface area contributed by atoms with Gasteiger partial charge in [0.25, 0.3) is 5.69 Å². The maximum Gasteiger partial charge on any atom is 0.337 e. The Balaban J connectivity index is 1.35. The van der Waals surface area contributed by atoms with Crippen molar-refractivity contribution in [2.24, 2.45) is 10.9 Å². The SMILES string of the molecule is COC(=O)C1C(C)=NC(C)=C(C(=O)O[C@@]2(C)CCN(CCC(c3ccccc3)c3ccccc3)C2)[C@@H]1c1cccc([N+](=O)[O-])c1. The van der Waals surface area contributed by atoms with Crippen LogP contribution in [0.4, 0.5) is 5.69 Å². The largest absolute Gasteiger partial charge is 0.468 e. The lowest BCUT2D eigenvalue weighted by Crippen LogP contribution is -2.40. The molecule has 2 aliphatic heterocycles. The van der Waals surface area contributed by atoms with E-state index in [-0.39, 0.29) is 17.2 Å². The molecule has 1 saturated heterocycles. The number of nitro groups is 1. The van der Waals surface area contributed by atoms with Crippen LogP contribution in [0.3, 0.4) is 0 Å². The van der Waals surface area contributed by atoms with Crippen LogP contribution in [0.2, 0.25) is 0 Å². The van der Waals surface area contributed by atoms with Crippen LogP contribution in [0.25, 0.3) is 0 Å². The summed E-state index contributed by atoms with van der Waals surface area (Å²) in [5, 5.41) is 11.6. The number of aliphatic imine (C=N–C) groups is 1. The third kappa shape index (κ3) is 7.04. The van der Waals surface area contributed by atoms with E-state index in [4.69, 9.17) is 9.47 Å². The van der Waals surface area contributed by atoms with Gasteiger partial charge in [0.15, 0.2) is 0 Å². The summed E-state index contributed by atoms with van der Waals surface area (Å²) in [6.45, 7) is 7.50. The summed E-state index contributed by atoms with van der Waals surface area (Å²) in [5.41, 5.74) is 3.18. The van der Waals surface area contributed by atoms with Crippen molar-refractivity contribution in [1.29, 1.82) is 0 Å². The second kappa shape index (κ2) is 13.6. The summed E-state index contributed by atoms with van der Waals surface area (Å²) in [6.07, 6.45) is 1.56. The minimum absolute atomic E-state index is 0.135. The molecule has 9 heteroatoms. The predicted octanol–water partition coefficient (Wildman–Crippen LogP) is 6.45. The number of nitro benzene ring substituents is 1. The number of hydrogen-bond acceptors (Lipinski definition) is 8. The topological polar surface area (TPSA) is 111 Å². The maximum absolute atomic E-state index is 14.0. The highest BCUT2D eigenvalue weighted by molar-refractivity contribution is 6.07. The van der Waals surface area contributed by atoms with Gasteiger partial charge < -0.3 is 9.47 Å². The Kier molecular flexibility index (Phi) is 9.58. The number of esters is 2. The lowest BCUT2D eigenvalue weighted by molar-refractivity contribution is -0.384. The quantitative estimate of drug-likeness (QED) is 0.148. The Labute approximate surface area is 263 Å². The molecule has 0 radical (unpaired) electrons. The van der Waals surface area contributed by atoms with Gasteiger partial charge in [-0.1, -0.05) is 72.8 Å². The van der Waals surface area contributed by atoms with Gasteiger partial charge in [-0.05, 0) is 50.4 Å². The molecule has 0 spiro atoms. The van der Waals surface area contributed by atoms with E-state index >= 15 is 0 Å². The molecule has 0 aliphatic carbocycles. The Morgan fingerprint density at radius 1 is 1.02 bits per heavy atom. The van der Waals surface area contributed by atoms with Crippen molar-refractivity contribution < 1.29 is 24.0 Å². The van der Waals surface area contributed by atoms with E-state index in [1.54, 1.807) is 26.0 Å². The van der Waals surface area contributed by atoms with E-state index in [0.717, 1.165) is 19.5 Å². The molecule has 1 unspecified atom stereocenters. The maximum atomic E-state index is 14.0. The van der Waals surface area contributed by atoms with Crippen LogP contribution in [0.1, 0.15) is 62.1 Å². The fourth-order valence-corrected chi connectivity index (χ4v) is 6.71. The standard InChI is InChI=1S/C36H39N3O6/c1-24-31(34(40)44-4)33(28-16-11-17-29(22-28)39(42)43)32(25(2)37-24)35(41)45-36(3)19-21-38(23-36)20-18-30(26-12-7-5-8-13-26)27-14-9-6-10-15-27/h5-17,22,30-31,33H,18-21,23H2,1-4H3/t31?,33-,36+/m1/s1. The highest BCUT2D eigenvalue weighted by atomic mass is 16.6. The summed E-state index contributed by atoms with van der Waals surface area (Å²) in [4.78, 5) is 45.0. The number of hydrogen-bond donors (Lipinski definition) is 0. The first kappa shape index (κ1) is 31.8. The van der Waals surface area contributed by atoms with Crippen molar-refractivity contribution >= 4 is 23.3 Å². The van der Waals surface area contributed by atoms with E-state index in [1.807, 2.05) is 19.1 Å². The van der Waals surface area contributed by atoms with Crippen LogP contribution in [0, 0.1) is 16.0 Å². The Hall–Kier alpha value is -4.63. The first-order chi connectivity index (χ1) is 21.6. The van der Waals surface area contributed by atoms with Crippen molar-refractivity contribution in [2.75, 3.05) is 26.7 Å². The first-order valence-corrected chi connectivity index (χ1v) is 15.2. The summed E-state index contributed by atoms with van der Waals surface area (Å²) in [5.74, 6) is -2.69. The van der Waals surface area contributed by atoms with Crippen LogP contribution in [0.15, 0.2) is 101 Å². The lowest BCUT2D eigenvalue weighted by Gasteiger charge is -2.33. The van der Waals surface area contributed by atoms with Gasteiger partial charge in [0.05, 0.1) is 17.6 Å². The van der Waals surface area contributed by atoms with Crippen molar-refractivity contribution in [3.8, 4) is 0 Å². The molecule has 1 fully saturated rings. The van der Waals surface area contributed by atoms with Crippen LogP contribution < -0.4 is 0 Å². The molecule has 45 heavy (non-hydrogen) atoms. The number of nitrogens with zero attached hydrogens (tertiary/aromatic N) is 3. The molecule has 0 N–H and O–H groups in total. The smallest absolute Gasteiger partial charge is 0.337 e. The molecular weight excluding hydrogens is 570 g/mol. The Morgan fingerprint density at radius 2 is 1.67 bits per heavy atom. The Morgan fingerprint density at radius 3 is 2.27 bits per heavy atom. The molecule has 2 heterocycles. The van der Waals surface area contributed by atoms with Gasteiger partial charge in [-0.15, -0.1) is 0 Å². The average molecular weight is 610 g/mol. The fraction of sp³-hybridized carbons (Fsp3) is 0.361. The summed E-state index contributed by atoms with van der Waals surface area (Å²) < 4.78 is 11.3. The lowest BCUT2D eigenvalue weighted by atomic mass is 9.75. The second-order valence-electron chi connectivity index (χ2n) is 12.1. The van der Waals surface area contributed by atoms with Gasteiger partial charge in [-0.2, -0.15) is 0 Å². The summed E-state index contributed by atoms with van der Waals surface area (Å²) in [6, 6.07) is 27.0. The minimum atomic E-state index is -0.927. The van der Waals surface area contributed by atoms with Crippen LogP contribution >= 0.6 is 0 Å². The van der Waals surface area contributed by atoms with Crippen LogP contribution in [-0.4, -0.2) is 59.8 Å². The number of allylic oxidation sites excluding steroid dienone is 1. The molecule has 9 nitrogen and oxygen atoms in total. The van der Waals surface area contributed by atoms with E-state index < -0.39 is 34.3 Å². The highest BCUT2D eigenvalue weighted by Crippen LogP contribution is 2.42. The molecule has 0 saturated carbocycles. The number of likely N-dealkylation sites (tertiary alicyclic amines) is 1. The molecule has 0 aromatic heterocycles. The summed E-state index contributed by atoms with van der Waals surface area (Å²) >= 11 is 0. The molecule has 0 amide bonds. The fourth-order valence-electron chi connectivity index (χ4n) is 6.71. The van der Waals surface area contributed by atoms with Gasteiger partial charge in [-0.3, -0.25) is 24.8 Å². The zero-order chi connectivity index (χ0) is 32.1. The zero-order valence-corrected chi connectivity index (χ0v) is 26.1. The predicted molar refractivity (Wildman–Crippen MR) is 172 cm³/mol. The van der Waals surface area contributed by atoms with Gasteiger partial charge >= 0.3 is 11.9 Å². The molecular formula is C36H39N3O6. The molecule has 2 aliphatic rings. The highest BCUT2D eigenvalue weighted by Gasteiger charge is 2.45. The van der Waals surface area contributed by atoms with Crippen molar-refractivity contribution in [2.45, 2.75) is 51.0 Å². The van der Waals surface area contributed by atoms with Crippen LogP contribution in [-0.2, 0) is 19.1 Å². The molecule has 3 aromatic carbocycles. The monoisotopic (exact) mass is 609 g/mol. The average Bonchev–Trinajstić information content (AvgIpc) is 3.41. The second-order valence-corrected chi connectivity index (χ2v) is 12.1. The third-order valence-corrected chi connectivity index (χ3v) is 8.94. The van der Waals surface area contributed by atoms with Gasteiger partial charge in [0.2, 0.25) is 0 Å². The van der Waals surface area contributed by atoms with E-state index in [1.165, 1.54) is 30.4 Å². The van der Waals surface area contributed by atoms with Gasteiger partial charge in [0, 0.05) is 54.9 Å². The van der Waals surface area contributed by atoms with Crippen molar-refractivity contribution in [3.63, 3.8) is 0 Å². The number of carbonyl (C=O) groups is 2. The zero-order valence-electron chi connectivity index (χ0n) is 26.1. The van der Waals surface area contributed by atoms with E-state index in [0.29, 0.717) is 29.9 Å². The van der Waals surface area contributed by atoms with Crippen molar-refractivity contribution in [3.05, 3.63) is 123 Å². The van der Waals surface area contributed by atoms with Crippen molar-refractivity contribution in [1.82, 2.24) is 4.90 Å². The Bertz CT molecular complexity index is 1580. The molecule has 3 atom stereocenters.